The topological polar surface area (TPSA) is 29.9 Å². The predicted molar refractivity (Wildman–Crippen MR) is 84.9 cm³/mol. The molecule has 1 saturated carbocycles. The Morgan fingerprint density at radius 2 is 2.05 bits per heavy atom. The van der Waals surface area contributed by atoms with Crippen LogP contribution in [0.5, 0.6) is 0 Å². The Balaban J connectivity index is 2.05. The molecule has 1 fully saturated rings. The van der Waals surface area contributed by atoms with E-state index in [2.05, 4.69) is 43.6 Å². The van der Waals surface area contributed by atoms with E-state index >= 15 is 0 Å². The molecule has 20 heavy (non-hydrogen) atoms. The van der Waals surface area contributed by atoms with E-state index in [9.17, 15) is 0 Å². The molecular formula is C17H31N3. The lowest BCUT2D eigenvalue weighted by Crippen LogP contribution is -2.46. The molecular weight excluding hydrogens is 246 g/mol. The van der Waals surface area contributed by atoms with Gasteiger partial charge >= 0.3 is 0 Å². The highest BCUT2D eigenvalue weighted by molar-refractivity contribution is 5.08. The zero-order valence-corrected chi connectivity index (χ0v) is 13.5. The Labute approximate surface area is 124 Å². The minimum absolute atomic E-state index is 0.460. The van der Waals surface area contributed by atoms with Gasteiger partial charge in [-0.3, -0.25) is 4.68 Å². The van der Waals surface area contributed by atoms with Gasteiger partial charge in [-0.2, -0.15) is 5.10 Å². The standard InChI is InChI=1S/C17H31N3/c1-4-11-18-16(17(3)9-7-6-8-10-17)12-15-13-19-20(5-2)14-15/h13-14,16,18H,4-12H2,1-3H3. The van der Waals surface area contributed by atoms with Crippen LogP contribution in [0.1, 0.15) is 64.9 Å². The monoisotopic (exact) mass is 277 g/mol. The van der Waals surface area contributed by atoms with Gasteiger partial charge in [-0.15, -0.1) is 0 Å². The van der Waals surface area contributed by atoms with Crippen LogP contribution in [-0.4, -0.2) is 22.4 Å². The van der Waals surface area contributed by atoms with Gasteiger partial charge in [-0.05, 0) is 50.1 Å². The summed E-state index contributed by atoms with van der Waals surface area (Å²) >= 11 is 0. The molecule has 1 atom stereocenters. The van der Waals surface area contributed by atoms with Crippen LogP contribution in [-0.2, 0) is 13.0 Å². The maximum Gasteiger partial charge on any atom is 0.0522 e. The van der Waals surface area contributed by atoms with Gasteiger partial charge < -0.3 is 5.32 Å². The zero-order chi connectivity index (χ0) is 14.4. The second-order valence-electron chi connectivity index (χ2n) is 6.63. The summed E-state index contributed by atoms with van der Waals surface area (Å²) in [5.74, 6) is 0. The SMILES string of the molecule is CCCNC(Cc1cnn(CC)c1)C1(C)CCCCC1. The summed E-state index contributed by atoms with van der Waals surface area (Å²) in [6.07, 6.45) is 13.6. The van der Waals surface area contributed by atoms with Crippen LogP contribution < -0.4 is 5.32 Å². The Morgan fingerprint density at radius 1 is 1.30 bits per heavy atom. The van der Waals surface area contributed by atoms with Crippen molar-refractivity contribution in [3.63, 3.8) is 0 Å². The van der Waals surface area contributed by atoms with Gasteiger partial charge in [0.25, 0.3) is 0 Å². The number of aromatic nitrogens is 2. The lowest BCUT2D eigenvalue weighted by atomic mass is 9.69. The lowest BCUT2D eigenvalue weighted by molar-refractivity contribution is 0.143. The van der Waals surface area contributed by atoms with E-state index in [1.807, 2.05) is 4.68 Å². The third-order valence-corrected chi connectivity index (χ3v) is 4.93. The highest BCUT2D eigenvalue weighted by Gasteiger charge is 2.35. The third kappa shape index (κ3) is 3.85. The first kappa shape index (κ1) is 15.6. The first-order valence-corrected chi connectivity index (χ1v) is 8.42. The third-order valence-electron chi connectivity index (χ3n) is 4.93. The molecule has 1 heterocycles. The van der Waals surface area contributed by atoms with Gasteiger partial charge in [0.2, 0.25) is 0 Å². The van der Waals surface area contributed by atoms with Crippen molar-refractivity contribution in [2.45, 2.75) is 78.3 Å². The van der Waals surface area contributed by atoms with Crippen LogP contribution in [0.25, 0.3) is 0 Å². The number of nitrogens with zero attached hydrogens (tertiary/aromatic N) is 2. The van der Waals surface area contributed by atoms with E-state index in [1.54, 1.807) is 0 Å². The van der Waals surface area contributed by atoms with Crippen LogP contribution in [0.4, 0.5) is 0 Å². The second-order valence-corrected chi connectivity index (χ2v) is 6.63. The average molecular weight is 277 g/mol. The van der Waals surface area contributed by atoms with Crippen molar-refractivity contribution in [2.75, 3.05) is 6.54 Å². The molecule has 2 rings (SSSR count). The van der Waals surface area contributed by atoms with Crippen molar-refractivity contribution in [1.29, 1.82) is 0 Å². The molecule has 0 amide bonds. The first-order chi connectivity index (χ1) is 9.68. The molecule has 1 N–H and O–H groups in total. The summed E-state index contributed by atoms with van der Waals surface area (Å²) in [7, 11) is 0. The molecule has 0 saturated heterocycles. The van der Waals surface area contributed by atoms with Crippen LogP contribution in [0.15, 0.2) is 12.4 Å². The Hall–Kier alpha value is -0.830. The van der Waals surface area contributed by atoms with Crippen molar-refractivity contribution in [3.8, 4) is 0 Å². The van der Waals surface area contributed by atoms with Crippen molar-refractivity contribution in [2.24, 2.45) is 5.41 Å². The van der Waals surface area contributed by atoms with E-state index in [4.69, 9.17) is 0 Å². The molecule has 114 valence electrons. The smallest absolute Gasteiger partial charge is 0.0522 e. The summed E-state index contributed by atoms with van der Waals surface area (Å²) in [6, 6.07) is 0.595. The summed E-state index contributed by atoms with van der Waals surface area (Å²) in [5, 5.41) is 8.24. The van der Waals surface area contributed by atoms with Gasteiger partial charge in [-0.25, -0.2) is 0 Å². The molecule has 3 heteroatoms. The number of nitrogens with one attached hydrogen (secondary N) is 1. The molecule has 1 aromatic rings. The van der Waals surface area contributed by atoms with Gasteiger partial charge in [0.15, 0.2) is 0 Å². The van der Waals surface area contributed by atoms with E-state index in [1.165, 1.54) is 44.1 Å². The lowest BCUT2D eigenvalue weighted by Gasteiger charge is -2.41. The Morgan fingerprint density at radius 3 is 2.65 bits per heavy atom. The highest BCUT2D eigenvalue weighted by Crippen LogP contribution is 2.39. The maximum absolute atomic E-state index is 4.42. The van der Waals surface area contributed by atoms with E-state index in [-0.39, 0.29) is 0 Å². The number of rotatable bonds is 7. The molecule has 1 aromatic heterocycles. The molecule has 0 aromatic carbocycles. The summed E-state index contributed by atoms with van der Waals surface area (Å²) in [4.78, 5) is 0. The van der Waals surface area contributed by atoms with Crippen molar-refractivity contribution < 1.29 is 0 Å². The van der Waals surface area contributed by atoms with E-state index < -0.39 is 0 Å². The Kier molecular flexibility index (Phi) is 5.64. The van der Waals surface area contributed by atoms with Gasteiger partial charge in [0.1, 0.15) is 0 Å². The fourth-order valence-corrected chi connectivity index (χ4v) is 3.51. The summed E-state index contributed by atoms with van der Waals surface area (Å²) < 4.78 is 2.04. The van der Waals surface area contributed by atoms with Gasteiger partial charge in [0, 0.05) is 18.8 Å². The number of hydrogen-bond donors (Lipinski definition) is 1. The predicted octanol–water partition coefficient (Wildman–Crippen LogP) is 3.78. The zero-order valence-electron chi connectivity index (χ0n) is 13.5. The van der Waals surface area contributed by atoms with Crippen LogP contribution in [0, 0.1) is 5.41 Å². The number of aryl methyl sites for hydroxylation is 1. The fraction of sp³-hybridized carbons (Fsp3) is 0.824. The van der Waals surface area contributed by atoms with Crippen LogP contribution in [0.2, 0.25) is 0 Å². The van der Waals surface area contributed by atoms with Crippen molar-refractivity contribution in [1.82, 2.24) is 15.1 Å². The minimum atomic E-state index is 0.460. The van der Waals surface area contributed by atoms with E-state index in [0.29, 0.717) is 11.5 Å². The Bertz CT molecular complexity index is 391. The maximum atomic E-state index is 4.42. The molecule has 1 aliphatic rings. The van der Waals surface area contributed by atoms with Gasteiger partial charge in [-0.1, -0.05) is 33.1 Å². The minimum Gasteiger partial charge on any atom is -0.313 e. The van der Waals surface area contributed by atoms with Crippen LogP contribution >= 0.6 is 0 Å². The second kappa shape index (κ2) is 7.26. The molecule has 1 unspecified atom stereocenters. The van der Waals surface area contributed by atoms with Crippen molar-refractivity contribution >= 4 is 0 Å². The largest absolute Gasteiger partial charge is 0.313 e. The normalized spacial score (nSPS) is 19.9. The molecule has 0 spiro atoms. The molecule has 1 aliphatic carbocycles. The van der Waals surface area contributed by atoms with Crippen LogP contribution in [0.3, 0.4) is 0 Å². The summed E-state index contributed by atoms with van der Waals surface area (Å²) in [5.41, 5.74) is 1.84. The summed E-state index contributed by atoms with van der Waals surface area (Å²) in [6.45, 7) is 8.98. The van der Waals surface area contributed by atoms with Gasteiger partial charge in [0.05, 0.1) is 6.20 Å². The quantitative estimate of drug-likeness (QED) is 0.822. The molecule has 0 bridgehead atoms. The van der Waals surface area contributed by atoms with E-state index in [0.717, 1.165) is 19.5 Å². The van der Waals surface area contributed by atoms with Crippen molar-refractivity contribution in [3.05, 3.63) is 18.0 Å². The molecule has 0 aliphatic heterocycles. The molecule has 0 radical (unpaired) electrons. The first-order valence-electron chi connectivity index (χ1n) is 8.42. The number of hydrogen-bond acceptors (Lipinski definition) is 2. The highest BCUT2D eigenvalue weighted by atomic mass is 15.3. The molecule has 3 nitrogen and oxygen atoms in total. The average Bonchev–Trinajstić information content (AvgIpc) is 2.92. The fourth-order valence-electron chi connectivity index (χ4n) is 3.51.